The van der Waals surface area contributed by atoms with Crippen LogP contribution in [0.25, 0.3) is 11.1 Å². The topological polar surface area (TPSA) is 121 Å². The van der Waals surface area contributed by atoms with E-state index in [1.54, 1.807) is 24.3 Å². The molecule has 0 saturated heterocycles. The van der Waals surface area contributed by atoms with Crippen molar-refractivity contribution in [2.45, 2.75) is 24.8 Å². The number of aryl methyl sites for hydroxylation is 1. The number of fused-ring (bicyclic) bond motifs is 1. The number of nitrogens with one attached hydrogen (secondary N) is 3. The van der Waals surface area contributed by atoms with E-state index in [4.69, 9.17) is 4.42 Å². The van der Waals surface area contributed by atoms with Gasteiger partial charge in [-0.2, -0.15) is 4.72 Å². The van der Waals surface area contributed by atoms with Crippen molar-refractivity contribution in [1.82, 2.24) is 9.71 Å². The summed E-state index contributed by atoms with van der Waals surface area (Å²) in [6.45, 7) is 3.29. The van der Waals surface area contributed by atoms with Crippen LogP contribution in [0, 0.1) is 6.92 Å². The van der Waals surface area contributed by atoms with Crippen molar-refractivity contribution in [3.05, 3.63) is 58.6 Å². The molecular weight excluding hydrogens is 358 g/mol. The molecule has 0 fully saturated rings. The maximum atomic E-state index is 12.3. The molecule has 1 heterocycles. The van der Waals surface area contributed by atoms with E-state index in [1.165, 1.54) is 25.1 Å². The summed E-state index contributed by atoms with van der Waals surface area (Å²) < 4.78 is 31.9. The quantitative estimate of drug-likeness (QED) is 0.627. The summed E-state index contributed by atoms with van der Waals surface area (Å²) in [6, 6.07) is 9.94. The highest BCUT2D eigenvalue weighted by molar-refractivity contribution is 7.89. The molecule has 0 radical (unpaired) electrons. The molecule has 0 aliphatic carbocycles. The standard InChI is InChI=1S/C17H17N3O5S/c1-10-3-6-13(7-4-10)26(23,24)20-11(2)16(21)18-12-5-8-14-15(9-12)25-17(22)19-14/h3-9,11,20H,1-2H3,(H,18,21)(H,19,22). The Balaban J connectivity index is 1.72. The number of sulfonamides is 1. The van der Waals surface area contributed by atoms with Gasteiger partial charge in [-0.3, -0.25) is 9.78 Å². The third-order valence-electron chi connectivity index (χ3n) is 3.75. The Labute approximate surface area is 149 Å². The molecule has 9 heteroatoms. The molecule has 1 amide bonds. The normalized spacial score (nSPS) is 12.8. The van der Waals surface area contributed by atoms with Gasteiger partial charge >= 0.3 is 5.76 Å². The van der Waals surface area contributed by atoms with Crippen molar-refractivity contribution in [1.29, 1.82) is 0 Å². The number of aromatic amines is 1. The van der Waals surface area contributed by atoms with Gasteiger partial charge in [0, 0.05) is 11.8 Å². The molecule has 0 aliphatic heterocycles. The van der Waals surface area contributed by atoms with E-state index in [-0.39, 0.29) is 4.90 Å². The molecule has 1 atom stereocenters. The maximum absolute atomic E-state index is 12.3. The molecule has 1 aromatic heterocycles. The fraction of sp³-hybridized carbons (Fsp3) is 0.176. The second-order valence-electron chi connectivity index (χ2n) is 5.87. The summed E-state index contributed by atoms with van der Waals surface area (Å²) in [5.74, 6) is -1.14. The van der Waals surface area contributed by atoms with Gasteiger partial charge in [0.1, 0.15) is 0 Å². The first-order chi connectivity index (χ1) is 12.2. The number of amides is 1. The van der Waals surface area contributed by atoms with E-state index in [2.05, 4.69) is 15.0 Å². The second-order valence-corrected chi connectivity index (χ2v) is 7.58. The van der Waals surface area contributed by atoms with Crippen molar-refractivity contribution in [3.63, 3.8) is 0 Å². The summed E-state index contributed by atoms with van der Waals surface area (Å²) >= 11 is 0. The number of aromatic nitrogens is 1. The number of carbonyl (C=O) groups is 1. The van der Waals surface area contributed by atoms with Crippen LogP contribution in [0.1, 0.15) is 12.5 Å². The monoisotopic (exact) mass is 375 g/mol. The Morgan fingerprint density at radius 1 is 1.15 bits per heavy atom. The number of H-pyrrole nitrogens is 1. The minimum absolute atomic E-state index is 0.0817. The largest absolute Gasteiger partial charge is 0.417 e. The summed E-state index contributed by atoms with van der Waals surface area (Å²) in [5, 5.41) is 2.58. The average Bonchev–Trinajstić information content (AvgIpc) is 2.94. The Morgan fingerprint density at radius 2 is 1.85 bits per heavy atom. The molecule has 136 valence electrons. The van der Waals surface area contributed by atoms with E-state index >= 15 is 0 Å². The number of benzene rings is 2. The van der Waals surface area contributed by atoms with E-state index in [1.807, 2.05) is 6.92 Å². The molecular formula is C17H17N3O5S. The lowest BCUT2D eigenvalue weighted by Gasteiger charge is -2.14. The summed E-state index contributed by atoms with van der Waals surface area (Å²) in [7, 11) is -3.82. The van der Waals surface area contributed by atoms with Crippen LogP contribution >= 0.6 is 0 Å². The predicted octanol–water partition coefficient (Wildman–Crippen LogP) is 1.74. The molecule has 0 saturated carbocycles. The van der Waals surface area contributed by atoms with Crippen LogP contribution in [0.2, 0.25) is 0 Å². The average molecular weight is 375 g/mol. The zero-order valence-corrected chi connectivity index (χ0v) is 14.9. The van der Waals surface area contributed by atoms with Crippen molar-refractivity contribution >= 4 is 32.7 Å². The Hall–Kier alpha value is -2.91. The zero-order chi connectivity index (χ0) is 18.9. The molecule has 0 bridgehead atoms. The SMILES string of the molecule is Cc1ccc(S(=O)(=O)NC(C)C(=O)Nc2ccc3[nH]c(=O)oc3c2)cc1. The van der Waals surface area contributed by atoms with Crippen molar-refractivity contribution < 1.29 is 17.6 Å². The highest BCUT2D eigenvalue weighted by Gasteiger charge is 2.22. The number of anilines is 1. The molecule has 0 spiro atoms. The van der Waals surface area contributed by atoms with Crippen molar-refractivity contribution in [3.8, 4) is 0 Å². The lowest BCUT2D eigenvalue weighted by Crippen LogP contribution is -2.41. The first-order valence-corrected chi connectivity index (χ1v) is 9.26. The maximum Gasteiger partial charge on any atom is 0.417 e. The predicted molar refractivity (Wildman–Crippen MR) is 96.4 cm³/mol. The first-order valence-electron chi connectivity index (χ1n) is 7.77. The van der Waals surface area contributed by atoms with Crippen molar-refractivity contribution in [2.75, 3.05) is 5.32 Å². The third kappa shape index (κ3) is 3.84. The molecule has 3 rings (SSSR count). The van der Waals surface area contributed by atoms with Gasteiger partial charge < -0.3 is 9.73 Å². The van der Waals surface area contributed by atoms with Gasteiger partial charge in [0.2, 0.25) is 15.9 Å². The van der Waals surface area contributed by atoms with E-state index in [9.17, 15) is 18.0 Å². The van der Waals surface area contributed by atoms with Gasteiger partial charge in [-0.05, 0) is 38.1 Å². The molecule has 3 N–H and O–H groups in total. The third-order valence-corrected chi connectivity index (χ3v) is 5.30. The van der Waals surface area contributed by atoms with E-state index in [0.717, 1.165) is 5.56 Å². The molecule has 1 unspecified atom stereocenters. The molecule has 8 nitrogen and oxygen atoms in total. The van der Waals surface area contributed by atoms with Gasteiger partial charge in [-0.15, -0.1) is 0 Å². The van der Waals surface area contributed by atoms with Crippen LogP contribution in [0.4, 0.5) is 5.69 Å². The number of carbonyl (C=O) groups excluding carboxylic acids is 1. The number of hydrogen-bond acceptors (Lipinski definition) is 5. The number of oxazole rings is 1. The van der Waals surface area contributed by atoms with Crippen LogP contribution in [0.3, 0.4) is 0 Å². The highest BCUT2D eigenvalue weighted by atomic mass is 32.2. The highest BCUT2D eigenvalue weighted by Crippen LogP contribution is 2.17. The van der Waals surface area contributed by atoms with Crippen LogP contribution in [0.15, 0.2) is 56.6 Å². The lowest BCUT2D eigenvalue weighted by atomic mass is 10.2. The Bertz CT molecular complexity index is 1110. The number of hydrogen-bond donors (Lipinski definition) is 3. The molecule has 26 heavy (non-hydrogen) atoms. The van der Waals surface area contributed by atoms with Crippen LogP contribution in [-0.4, -0.2) is 25.4 Å². The first kappa shape index (κ1) is 17.9. The van der Waals surface area contributed by atoms with E-state index < -0.39 is 27.7 Å². The van der Waals surface area contributed by atoms with Gasteiger partial charge in [-0.1, -0.05) is 17.7 Å². The van der Waals surface area contributed by atoms with Gasteiger partial charge in [0.25, 0.3) is 0 Å². The van der Waals surface area contributed by atoms with Crippen LogP contribution < -0.4 is 15.8 Å². The van der Waals surface area contributed by atoms with Crippen molar-refractivity contribution in [2.24, 2.45) is 0 Å². The fourth-order valence-electron chi connectivity index (χ4n) is 2.35. The smallest absolute Gasteiger partial charge is 0.408 e. The molecule has 0 aliphatic rings. The molecule has 3 aromatic rings. The summed E-state index contributed by atoms with van der Waals surface area (Å²) in [4.78, 5) is 26.0. The van der Waals surface area contributed by atoms with E-state index in [0.29, 0.717) is 16.8 Å². The van der Waals surface area contributed by atoms with Crippen LogP contribution in [-0.2, 0) is 14.8 Å². The minimum Gasteiger partial charge on any atom is -0.408 e. The zero-order valence-electron chi connectivity index (χ0n) is 14.1. The Kier molecular flexibility index (Phi) is 4.66. The van der Waals surface area contributed by atoms with Gasteiger partial charge in [0.05, 0.1) is 16.5 Å². The number of rotatable bonds is 5. The fourth-order valence-corrected chi connectivity index (χ4v) is 3.55. The minimum atomic E-state index is -3.82. The van der Waals surface area contributed by atoms with Crippen LogP contribution in [0.5, 0.6) is 0 Å². The second kappa shape index (κ2) is 6.77. The lowest BCUT2D eigenvalue weighted by molar-refractivity contribution is -0.117. The Morgan fingerprint density at radius 3 is 2.54 bits per heavy atom. The summed E-state index contributed by atoms with van der Waals surface area (Å²) in [5.41, 5.74) is 2.11. The summed E-state index contributed by atoms with van der Waals surface area (Å²) in [6.07, 6.45) is 0. The van der Waals surface area contributed by atoms with Gasteiger partial charge in [0.15, 0.2) is 5.58 Å². The molecule has 2 aromatic carbocycles. The van der Waals surface area contributed by atoms with Gasteiger partial charge in [-0.25, -0.2) is 13.2 Å².